The van der Waals surface area contributed by atoms with Crippen LogP contribution >= 0.6 is 0 Å². The van der Waals surface area contributed by atoms with E-state index in [1.807, 2.05) is 6.92 Å². The lowest BCUT2D eigenvalue weighted by atomic mass is 10.1. The summed E-state index contributed by atoms with van der Waals surface area (Å²) in [5.41, 5.74) is 1.80. The highest BCUT2D eigenvalue weighted by molar-refractivity contribution is 5.93. The Morgan fingerprint density at radius 1 is 1.29 bits per heavy atom. The molecule has 21 heavy (non-hydrogen) atoms. The van der Waals surface area contributed by atoms with Gasteiger partial charge in [-0.1, -0.05) is 18.2 Å². The van der Waals surface area contributed by atoms with E-state index in [9.17, 15) is 14.9 Å². The van der Waals surface area contributed by atoms with E-state index in [-0.39, 0.29) is 18.1 Å². The summed E-state index contributed by atoms with van der Waals surface area (Å²) in [5, 5.41) is 11.0. The third-order valence-electron chi connectivity index (χ3n) is 3.10. The Labute approximate surface area is 122 Å². The zero-order valence-corrected chi connectivity index (χ0v) is 11.8. The van der Waals surface area contributed by atoms with E-state index >= 15 is 0 Å². The molecule has 1 heterocycles. The molecule has 0 radical (unpaired) electrons. The molecule has 6 heteroatoms. The highest BCUT2D eigenvalue weighted by Gasteiger charge is 2.17. The van der Waals surface area contributed by atoms with Crippen LogP contribution in [0.15, 0.2) is 42.6 Å². The van der Waals surface area contributed by atoms with Gasteiger partial charge in [0.15, 0.2) is 0 Å². The Kier molecular flexibility index (Phi) is 4.27. The molecule has 1 amide bonds. The summed E-state index contributed by atoms with van der Waals surface area (Å²) in [7, 11) is 1.61. The molecule has 1 aromatic carbocycles. The first-order valence-electron chi connectivity index (χ1n) is 6.39. The van der Waals surface area contributed by atoms with Crippen LogP contribution in [0.3, 0.4) is 0 Å². The van der Waals surface area contributed by atoms with Gasteiger partial charge in [-0.05, 0) is 19.1 Å². The van der Waals surface area contributed by atoms with Gasteiger partial charge in [-0.2, -0.15) is 0 Å². The first kappa shape index (κ1) is 14.6. The van der Waals surface area contributed by atoms with Crippen LogP contribution in [0.1, 0.15) is 21.6 Å². The van der Waals surface area contributed by atoms with Gasteiger partial charge in [0.05, 0.1) is 17.0 Å². The van der Waals surface area contributed by atoms with Crippen LogP contribution in [-0.2, 0) is 6.54 Å². The number of nitro groups is 1. The van der Waals surface area contributed by atoms with E-state index in [0.29, 0.717) is 11.1 Å². The van der Waals surface area contributed by atoms with Gasteiger partial charge in [0.1, 0.15) is 0 Å². The first-order chi connectivity index (χ1) is 9.99. The number of amides is 1. The van der Waals surface area contributed by atoms with Gasteiger partial charge in [0.2, 0.25) is 0 Å². The number of nitrogens with zero attached hydrogens (tertiary/aromatic N) is 3. The van der Waals surface area contributed by atoms with Gasteiger partial charge in [-0.25, -0.2) is 0 Å². The molecule has 0 atom stereocenters. The normalized spacial score (nSPS) is 10.2. The smallest absolute Gasteiger partial charge is 0.274 e. The van der Waals surface area contributed by atoms with Crippen LogP contribution in [0.2, 0.25) is 0 Å². The Morgan fingerprint density at radius 3 is 2.62 bits per heavy atom. The monoisotopic (exact) mass is 285 g/mol. The average Bonchev–Trinajstić information content (AvgIpc) is 2.47. The molecule has 0 aliphatic rings. The third-order valence-corrected chi connectivity index (χ3v) is 3.10. The summed E-state index contributed by atoms with van der Waals surface area (Å²) in [6.07, 6.45) is 1.51. The zero-order valence-electron chi connectivity index (χ0n) is 11.8. The van der Waals surface area contributed by atoms with Crippen LogP contribution < -0.4 is 0 Å². The summed E-state index contributed by atoms with van der Waals surface area (Å²) >= 11 is 0. The van der Waals surface area contributed by atoms with Crippen molar-refractivity contribution in [3.05, 3.63) is 69.5 Å². The number of para-hydroxylation sites is 1. The zero-order chi connectivity index (χ0) is 15.4. The summed E-state index contributed by atoms with van der Waals surface area (Å²) < 4.78 is 0. The molecule has 6 nitrogen and oxygen atoms in total. The number of nitro benzene ring substituents is 1. The largest absolute Gasteiger partial charge is 0.337 e. The quantitative estimate of drug-likeness (QED) is 0.639. The SMILES string of the molecule is Cc1ccc(C(=O)N(C)Cc2ccccc2[N+](=O)[O-])cn1. The summed E-state index contributed by atoms with van der Waals surface area (Å²) in [6, 6.07) is 9.85. The van der Waals surface area contributed by atoms with Gasteiger partial charge in [-0.15, -0.1) is 0 Å². The average molecular weight is 285 g/mol. The van der Waals surface area contributed by atoms with E-state index in [1.54, 1.807) is 37.4 Å². The second-order valence-corrected chi connectivity index (χ2v) is 4.74. The lowest BCUT2D eigenvalue weighted by Gasteiger charge is -2.17. The van der Waals surface area contributed by atoms with Gasteiger partial charge in [0, 0.05) is 30.6 Å². The number of pyridine rings is 1. The summed E-state index contributed by atoms with van der Waals surface area (Å²) in [5.74, 6) is -0.222. The summed E-state index contributed by atoms with van der Waals surface area (Å²) in [6.45, 7) is 2.01. The molecule has 108 valence electrons. The van der Waals surface area contributed by atoms with E-state index in [0.717, 1.165) is 5.69 Å². The predicted molar refractivity (Wildman–Crippen MR) is 77.9 cm³/mol. The molecule has 2 rings (SSSR count). The fourth-order valence-electron chi connectivity index (χ4n) is 1.96. The van der Waals surface area contributed by atoms with Crippen LogP contribution in [0.25, 0.3) is 0 Å². The second-order valence-electron chi connectivity index (χ2n) is 4.74. The maximum absolute atomic E-state index is 12.3. The molecule has 0 aliphatic heterocycles. The molecule has 0 spiro atoms. The molecule has 0 aliphatic carbocycles. The van der Waals surface area contributed by atoms with Gasteiger partial charge in [0.25, 0.3) is 11.6 Å². The third kappa shape index (κ3) is 3.42. The fourth-order valence-corrected chi connectivity index (χ4v) is 1.96. The van der Waals surface area contributed by atoms with E-state index in [2.05, 4.69) is 4.98 Å². The number of hydrogen-bond donors (Lipinski definition) is 0. The molecule has 0 N–H and O–H groups in total. The van der Waals surface area contributed by atoms with Gasteiger partial charge >= 0.3 is 0 Å². The summed E-state index contributed by atoms with van der Waals surface area (Å²) in [4.78, 5) is 28.3. The lowest BCUT2D eigenvalue weighted by Crippen LogP contribution is -2.26. The highest BCUT2D eigenvalue weighted by atomic mass is 16.6. The number of carbonyl (C=O) groups excluding carboxylic acids is 1. The standard InChI is InChI=1S/C15H15N3O3/c1-11-7-8-12(9-16-11)15(19)17(2)10-13-5-3-4-6-14(13)18(20)21/h3-9H,10H2,1-2H3. The number of aromatic nitrogens is 1. The number of aryl methyl sites for hydroxylation is 1. The van der Waals surface area contributed by atoms with Crippen molar-refractivity contribution in [1.82, 2.24) is 9.88 Å². The van der Waals surface area contributed by atoms with Crippen LogP contribution in [-0.4, -0.2) is 27.8 Å². The fraction of sp³-hybridized carbons (Fsp3) is 0.200. The Morgan fingerprint density at radius 2 is 2.00 bits per heavy atom. The van der Waals surface area contributed by atoms with Crippen molar-refractivity contribution < 1.29 is 9.72 Å². The van der Waals surface area contributed by atoms with E-state index < -0.39 is 4.92 Å². The molecule has 0 unspecified atom stereocenters. The predicted octanol–water partition coefficient (Wildman–Crippen LogP) is 2.57. The van der Waals surface area contributed by atoms with Crippen LogP contribution in [0, 0.1) is 17.0 Å². The minimum absolute atomic E-state index is 0.0131. The van der Waals surface area contributed by atoms with E-state index in [4.69, 9.17) is 0 Å². The molecule has 0 saturated heterocycles. The number of benzene rings is 1. The second kappa shape index (κ2) is 6.13. The molecular formula is C15H15N3O3. The molecular weight excluding hydrogens is 270 g/mol. The van der Waals surface area contributed by atoms with Crippen molar-refractivity contribution in [3.8, 4) is 0 Å². The van der Waals surface area contributed by atoms with Crippen molar-refractivity contribution >= 4 is 11.6 Å². The van der Waals surface area contributed by atoms with Gasteiger partial charge < -0.3 is 4.90 Å². The van der Waals surface area contributed by atoms with Crippen LogP contribution in [0.5, 0.6) is 0 Å². The molecule has 0 bridgehead atoms. The minimum atomic E-state index is -0.443. The topological polar surface area (TPSA) is 76.3 Å². The van der Waals surface area contributed by atoms with Crippen molar-refractivity contribution in [3.63, 3.8) is 0 Å². The van der Waals surface area contributed by atoms with Crippen molar-refractivity contribution in [2.24, 2.45) is 0 Å². The van der Waals surface area contributed by atoms with Crippen molar-refractivity contribution in [2.45, 2.75) is 13.5 Å². The molecule has 0 fully saturated rings. The Hall–Kier alpha value is -2.76. The molecule has 2 aromatic rings. The number of rotatable bonds is 4. The maximum Gasteiger partial charge on any atom is 0.274 e. The highest BCUT2D eigenvalue weighted by Crippen LogP contribution is 2.19. The molecule has 1 aromatic heterocycles. The Bertz CT molecular complexity index is 668. The Balaban J connectivity index is 2.18. The first-order valence-corrected chi connectivity index (χ1v) is 6.39. The van der Waals surface area contributed by atoms with Crippen molar-refractivity contribution in [2.75, 3.05) is 7.05 Å². The number of carbonyl (C=O) groups is 1. The van der Waals surface area contributed by atoms with Gasteiger partial charge in [-0.3, -0.25) is 19.9 Å². The van der Waals surface area contributed by atoms with Crippen LogP contribution in [0.4, 0.5) is 5.69 Å². The van der Waals surface area contributed by atoms with E-state index in [1.165, 1.54) is 17.2 Å². The molecule has 0 saturated carbocycles. The van der Waals surface area contributed by atoms with Crippen molar-refractivity contribution in [1.29, 1.82) is 0 Å². The number of hydrogen-bond acceptors (Lipinski definition) is 4. The minimum Gasteiger partial charge on any atom is -0.337 e. The lowest BCUT2D eigenvalue weighted by molar-refractivity contribution is -0.385. The maximum atomic E-state index is 12.3.